The Bertz CT molecular complexity index is 751. The number of nitrogens with two attached hydrogens (primary N) is 1. The lowest BCUT2D eigenvalue weighted by molar-refractivity contribution is -0.147. The Balaban J connectivity index is 2.32. The minimum Gasteiger partial charge on any atom is -0.424 e. The average Bonchev–Trinajstić information content (AvgIpc) is 2.42. The first-order valence-electron chi connectivity index (χ1n) is 6.59. The molecular formula is C15H17NO5S. The third kappa shape index (κ3) is 3.82. The predicted molar refractivity (Wildman–Crippen MR) is 81.3 cm³/mol. The normalized spacial score (nSPS) is 21.3. The molecule has 0 aliphatic heterocycles. The number of carbonyl (C=O) groups is 1. The van der Waals surface area contributed by atoms with Crippen molar-refractivity contribution in [3.8, 4) is 5.75 Å². The van der Waals surface area contributed by atoms with Crippen molar-refractivity contribution in [3.05, 3.63) is 53.6 Å². The quantitative estimate of drug-likeness (QED) is 0.673. The fourth-order valence-corrected chi connectivity index (χ4v) is 2.63. The standard InChI is InChI=1S/C15H17NO5S/c1-11-7-9-15(10-8-11,21-22(16,18)19)14(17)20-13-6-4-3-5-12(13)2/h3-9H,10H2,1-2H3,(H2,16,18,19). The Hall–Kier alpha value is -1.96. The number of esters is 1. The van der Waals surface area contributed by atoms with Gasteiger partial charge in [-0.05, 0) is 31.6 Å². The topological polar surface area (TPSA) is 95.7 Å². The van der Waals surface area contributed by atoms with Gasteiger partial charge in [0.1, 0.15) is 5.75 Å². The highest BCUT2D eigenvalue weighted by atomic mass is 32.2. The molecule has 0 amide bonds. The van der Waals surface area contributed by atoms with Crippen LogP contribution in [0.15, 0.2) is 48.1 Å². The number of allylic oxidation sites excluding steroid dienone is 2. The molecular weight excluding hydrogens is 306 g/mol. The molecule has 0 bridgehead atoms. The number of carbonyl (C=O) groups excluding carboxylic acids is 1. The maximum Gasteiger partial charge on any atom is 0.349 e. The first-order valence-corrected chi connectivity index (χ1v) is 8.06. The number of ether oxygens (including phenoxy) is 1. The second-order valence-electron chi connectivity index (χ2n) is 5.11. The van der Waals surface area contributed by atoms with Gasteiger partial charge in [0.2, 0.25) is 5.60 Å². The van der Waals surface area contributed by atoms with E-state index in [1.807, 2.05) is 6.92 Å². The summed E-state index contributed by atoms with van der Waals surface area (Å²) in [4.78, 5) is 12.5. The Morgan fingerprint density at radius 1 is 1.27 bits per heavy atom. The molecule has 0 heterocycles. The van der Waals surface area contributed by atoms with E-state index < -0.39 is 21.9 Å². The predicted octanol–water partition coefficient (Wildman–Crippen LogP) is 1.77. The van der Waals surface area contributed by atoms with Gasteiger partial charge >= 0.3 is 16.3 Å². The van der Waals surface area contributed by atoms with E-state index in [1.165, 1.54) is 6.08 Å². The van der Waals surface area contributed by atoms with Crippen molar-refractivity contribution in [2.75, 3.05) is 0 Å². The summed E-state index contributed by atoms with van der Waals surface area (Å²) in [5.41, 5.74) is -0.152. The first kappa shape index (κ1) is 16.4. The van der Waals surface area contributed by atoms with E-state index in [1.54, 1.807) is 43.3 Å². The molecule has 0 saturated carbocycles. The van der Waals surface area contributed by atoms with Crippen LogP contribution in [-0.4, -0.2) is 20.0 Å². The van der Waals surface area contributed by atoms with Gasteiger partial charge < -0.3 is 4.74 Å². The summed E-state index contributed by atoms with van der Waals surface area (Å²) in [5, 5.41) is 4.93. The zero-order chi connectivity index (χ0) is 16.4. The third-order valence-electron chi connectivity index (χ3n) is 3.25. The van der Waals surface area contributed by atoms with Crippen LogP contribution in [0.25, 0.3) is 0 Å². The third-order valence-corrected chi connectivity index (χ3v) is 3.78. The zero-order valence-electron chi connectivity index (χ0n) is 12.3. The molecule has 0 saturated heterocycles. The fraction of sp³-hybridized carbons (Fsp3) is 0.267. The maximum absolute atomic E-state index is 12.5. The van der Waals surface area contributed by atoms with Crippen LogP contribution in [0.2, 0.25) is 0 Å². The largest absolute Gasteiger partial charge is 0.424 e. The van der Waals surface area contributed by atoms with Gasteiger partial charge in [-0.3, -0.25) is 0 Å². The number of benzene rings is 1. The van der Waals surface area contributed by atoms with Crippen molar-refractivity contribution in [3.63, 3.8) is 0 Å². The van der Waals surface area contributed by atoms with Crippen molar-refractivity contribution in [2.45, 2.75) is 25.9 Å². The molecule has 1 aliphatic rings. The molecule has 2 rings (SSSR count). The van der Waals surface area contributed by atoms with Gasteiger partial charge in [0, 0.05) is 6.42 Å². The molecule has 1 atom stereocenters. The van der Waals surface area contributed by atoms with E-state index in [2.05, 4.69) is 0 Å². The molecule has 0 fully saturated rings. The molecule has 1 aromatic carbocycles. The fourth-order valence-electron chi connectivity index (χ4n) is 2.03. The highest BCUT2D eigenvalue weighted by Crippen LogP contribution is 2.29. The minimum atomic E-state index is -4.33. The van der Waals surface area contributed by atoms with E-state index in [-0.39, 0.29) is 6.42 Å². The van der Waals surface area contributed by atoms with Crippen molar-refractivity contribution in [1.82, 2.24) is 0 Å². The van der Waals surface area contributed by atoms with E-state index in [0.717, 1.165) is 11.1 Å². The molecule has 1 aliphatic carbocycles. The summed E-state index contributed by atoms with van der Waals surface area (Å²) in [5.74, 6) is -0.500. The lowest BCUT2D eigenvalue weighted by Crippen LogP contribution is -2.46. The highest BCUT2D eigenvalue weighted by Gasteiger charge is 2.43. The van der Waals surface area contributed by atoms with Crippen molar-refractivity contribution in [2.24, 2.45) is 5.14 Å². The van der Waals surface area contributed by atoms with Crippen LogP contribution in [0.3, 0.4) is 0 Å². The van der Waals surface area contributed by atoms with Gasteiger partial charge in [0.05, 0.1) is 0 Å². The van der Waals surface area contributed by atoms with Crippen LogP contribution in [0.4, 0.5) is 0 Å². The van der Waals surface area contributed by atoms with Crippen molar-refractivity contribution in [1.29, 1.82) is 0 Å². The van der Waals surface area contributed by atoms with Gasteiger partial charge in [-0.2, -0.15) is 8.42 Å². The highest BCUT2D eigenvalue weighted by molar-refractivity contribution is 7.84. The lowest BCUT2D eigenvalue weighted by Gasteiger charge is -2.28. The molecule has 0 aromatic heterocycles. The van der Waals surface area contributed by atoms with Crippen LogP contribution in [0.5, 0.6) is 5.75 Å². The molecule has 6 nitrogen and oxygen atoms in total. The van der Waals surface area contributed by atoms with Gasteiger partial charge in [0.15, 0.2) is 0 Å². The summed E-state index contributed by atoms with van der Waals surface area (Å²) < 4.78 is 32.7. The number of hydrogen-bond donors (Lipinski definition) is 1. The number of hydrogen-bond acceptors (Lipinski definition) is 5. The van der Waals surface area contributed by atoms with E-state index >= 15 is 0 Å². The van der Waals surface area contributed by atoms with Crippen molar-refractivity contribution >= 4 is 16.3 Å². The van der Waals surface area contributed by atoms with Gasteiger partial charge in [-0.1, -0.05) is 35.9 Å². The molecule has 1 unspecified atom stereocenters. The smallest absolute Gasteiger partial charge is 0.349 e. The number of rotatable bonds is 4. The zero-order valence-corrected chi connectivity index (χ0v) is 13.1. The Kier molecular flexibility index (Phi) is 4.50. The van der Waals surface area contributed by atoms with Gasteiger partial charge in [-0.25, -0.2) is 14.1 Å². The van der Waals surface area contributed by atoms with Crippen molar-refractivity contribution < 1.29 is 22.1 Å². The van der Waals surface area contributed by atoms with Crippen LogP contribution in [0, 0.1) is 6.92 Å². The maximum atomic E-state index is 12.5. The monoisotopic (exact) mass is 323 g/mol. The van der Waals surface area contributed by atoms with Crippen LogP contribution in [-0.2, 0) is 19.3 Å². The first-order chi connectivity index (χ1) is 10.2. The molecule has 2 N–H and O–H groups in total. The van der Waals surface area contributed by atoms with Crippen LogP contribution >= 0.6 is 0 Å². The summed E-state index contributed by atoms with van der Waals surface area (Å²) in [6.07, 6.45) is 4.65. The summed E-state index contributed by atoms with van der Waals surface area (Å²) >= 11 is 0. The summed E-state index contributed by atoms with van der Waals surface area (Å²) in [7, 11) is -4.33. The molecule has 7 heteroatoms. The second kappa shape index (κ2) is 6.04. The SMILES string of the molecule is CC1=CCC(OS(N)(=O)=O)(C(=O)Oc2ccccc2C)C=C1. The Morgan fingerprint density at radius 3 is 2.50 bits per heavy atom. The molecule has 118 valence electrons. The molecule has 0 radical (unpaired) electrons. The second-order valence-corrected chi connectivity index (χ2v) is 6.26. The van der Waals surface area contributed by atoms with Crippen LogP contribution in [0.1, 0.15) is 18.9 Å². The van der Waals surface area contributed by atoms with E-state index in [4.69, 9.17) is 14.1 Å². The Morgan fingerprint density at radius 2 is 1.95 bits per heavy atom. The minimum absolute atomic E-state index is 0.0243. The molecule has 0 spiro atoms. The van der Waals surface area contributed by atoms with Gasteiger partial charge in [0.25, 0.3) is 0 Å². The summed E-state index contributed by atoms with van der Waals surface area (Å²) in [6.45, 7) is 3.60. The Labute approximate surface area is 129 Å². The van der Waals surface area contributed by atoms with E-state index in [9.17, 15) is 13.2 Å². The average molecular weight is 323 g/mol. The molecule has 1 aromatic rings. The van der Waals surface area contributed by atoms with E-state index in [0.29, 0.717) is 5.75 Å². The summed E-state index contributed by atoms with van der Waals surface area (Å²) in [6, 6.07) is 6.90. The van der Waals surface area contributed by atoms with Gasteiger partial charge in [-0.15, -0.1) is 0 Å². The number of aryl methyl sites for hydroxylation is 1. The number of para-hydroxylation sites is 1. The van der Waals surface area contributed by atoms with Crippen LogP contribution < -0.4 is 9.88 Å². The lowest BCUT2D eigenvalue weighted by atomic mass is 9.93. The molecule has 22 heavy (non-hydrogen) atoms.